The third-order valence-corrected chi connectivity index (χ3v) is 7.53. The van der Waals surface area contributed by atoms with Crippen molar-refractivity contribution in [3.05, 3.63) is 83.6 Å². The van der Waals surface area contributed by atoms with Gasteiger partial charge >= 0.3 is 11.9 Å². The number of hydrogen-bond donors (Lipinski definition) is 6. The maximum atomic E-state index is 11.9. The minimum Gasteiger partial charge on any atom is -0.488 e. The number of nitrogens with two attached hydrogens (primary N) is 1. The number of rotatable bonds is 13. The van der Waals surface area contributed by atoms with Crippen LogP contribution in [0.1, 0.15) is 53.3 Å². The van der Waals surface area contributed by atoms with Crippen molar-refractivity contribution in [3.8, 4) is 5.75 Å². The van der Waals surface area contributed by atoms with Gasteiger partial charge in [0.1, 0.15) is 25.4 Å². The molecule has 3 aromatic rings. The number of carbonyl (C=O) groups excluding carboxylic acids is 1. The number of aliphatic hydroxyl groups is 3. The number of nitrogens with zero attached hydrogens (tertiary/aromatic N) is 2. The van der Waals surface area contributed by atoms with Crippen LogP contribution in [0.4, 0.5) is 0 Å². The van der Waals surface area contributed by atoms with Gasteiger partial charge in [-0.25, -0.2) is 14.6 Å². The number of aliphatic carboxylic acids is 2. The zero-order valence-corrected chi connectivity index (χ0v) is 24.7. The summed E-state index contributed by atoms with van der Waals surface area (Å²) < 4.78 is 12.7. The van der Waals surface area contributed by atoms with E-state index in [-0.39, 0.29) is 5.92 Å². The molecule has 13 nitrogen and oxygen atoms in total. The molecule has 44 heavy (non-hydrogen) atoms. The first-order valence-electron chi connectivity index (χ1n) is 14.1. The second kappa shape index (κ2) is 14.9. The van der Waals surface area contributed by atoms with Crippen LogP contribution in [0.5, 0.6) is 5.75 Å². The fourth-order valence-electron chi connectivity index (χ4n) is 5.02. The molecule has 0 aliphatic heterocycles. The topological polar surface area (TPSA) is 214 Å². The van der Waals surface area contributed by atoms with E-state index in [9.17, 15) is 19.5 Å². The molecule has 0 radical (unpaired) electrons. The van der Waals surface area contributed by atoms with E-state index in [1.165, 1.54) is 0 Å². The first-order chi connectivity index (χ1) is 20.7. The number of amides is 1. The number of carbonyl (C=O) groups is 3. The van der Waals surface area contributed by atoms with Gasteiger partial charge in [0.05, 0.1) is 20.3 Å². The number of carboxylic acid groups (broad SMARTS) is 2. The highest BCUT2D eigenvalue weighted by atomic mass is 16.5. The second-order valence-corrected chi connectivity index (χ2v) is 11.4. The van der Waals surface area contributed by atoms with E-state index in [2.05, 4.69) is 19.1 Å². The minimum atomic E-state index is -2.27. The number of carboxylic acids is 2. The number of aliphatic hydroxyl groups excluding tert-OH is 2. The molecule has 1 aromatic heterocycles. The smallest absolute Gasteiger partial charge is 0.335 e. The number of quaternary nitrogens is 1. The molecule has 3 atom stereocenters. The van der Waals surface area contributed by atoms with Crippen molar-refractivity contribution in [3.63, 3.8) is 0 Å². The predicted molar refractivity (Wildman–Crippen MR) is 156 cm³/mol. The highest BCUT2D eigenvalue weighted by Gasteiger charge is 2.45. The first kappa shape index (κ1) is 34.2. The second-order valence-electron chi connectivity index (χ2n) is 11.4. The monoisotopic (exact) mass is 614 g/mol. The van der Waals surface area contributed by atoms with Gasteiger partial charge in [0.2, 0.25) is 11.8 Å². The Balaban J connectivity index is 0.000000456. The fraction of sp³-hybridized carbons (Fsp3) is 0.419. The summed E-state index contributed by atoms with van der Waals surface area (Å²) in [5, 5.41) is 44.4. The number of benzene rings is 2. The highest BCUT2D eigenvalue weighted by molar-refractivity contribution is 5.92. The Labute approximate surface area is 254 Å². The Bertz CT molecular complexity index is 1370. The molecule has 4 rings (SSSR count). The van der Waals surface area contributed by atoms with Crippen LogP contribution < -0.4 is 10.5 Å². The summed E-state index contributed by atoms with van der Waals surface area (Å²) in [4.78, 5) is 35.3. The van der Waals surface area contributed by atoms with Gasteiger partial charge < -0.3 is 44.9 Å². The van der Waals surface area contributed by atoms with E-state index < -0.39 is 35.7 Å². The van der Waals surface area contributed by atoms with Gasteiger partial charge in [0.15, 0.2) is 23.6 Å². The van der Waals surface area contributed by atoms with Crippen LogP contribution in [-0.4, -0.2) is 92.3 Å². The normalized spacial score (nSPS) is 16.2. The van der Waals surface area contributed by atoms with Crippen LogP contribution in [0, 0.1) is 5.92 Å². The van der Waals surface area contributed by atoms with E-state index in [1.54, 1.807) is 30.5 Å². The number of primary amides is 1. The van der Waals surface area contributed by atoms with Crippen molar-refractivity contribution in [2.75, 3.05) is 27.2 Å². The Hall–Kier alpha value is -4.30. The molecular weight excluding hydrogens is 574 g/mol. The fourth-order valence-corrected chi connectivity index (χ4v) is 5.02. The van der Waals surface area contributed by atoms with Crippen LogP contribution in [0.2, 0.25) is 0 Å². The summed E-state index contributed by atoms with van der Waals surface area (Å²) >= 11 is 0. The van der Waals surface area contributed by atoms with Crippen molar-refractivity contribution in [1.29, 1.82) is 0 Å². The number of ether oxygens (including phenoxy) is 1. The third-order valence-electron chi connectivity index (χ3n) is 7.53. The molecule has 238 valence electrons. The van der Waals surface area contributed by atoms with Crippen molar-refractivity contribution in [2.45, 2.75) is 50.0 Å². The summed E-state index contributed by atoms with van der Waals surface area (Å²) in [6, 6.07) is 16.6. The predicted octanol–water partition coefficient (Wildman–Crippen LogP) is 1.73. The summed E-state index contributed by atoms with van der Waals surface area (Å²) in [7, 11) is 4.20. The van der Waals surface area contributed by atoms with Gasteiger partial charge in [-0.3, -0.25) is 4.79 Å². The lowest BCUT2D eigenvalue weighted by molar-refractivity contribution is -0.904. The lowest BCUT2D eigenvalue weighted by Crippen LogP contribution is -2.41. The van der Waals surface area contributed by atoms with E-state index in [0.717, 1.165) is 43.6 Å². The number of aromatic nitrogens is 1. The first-order valence-corrected chi connectivity index (χ1v) is 14.1. The highest BCUT2D eigenvalue weighted by Crippen LogP contribution is 2.44. The van der Waals surface area contributed by atoms with Crippen molar-refractivity contribution in [2.24, 2.45) is 11.7 Å². The molecular formula is C31H40N3O10+. The van der Waals surface area contributed by atoms with Crippen LogP contribution in [0.25, 0.3) is 0 Å². The maximum Gasteiger partial charge on any atom is 0.335 e. The molecule has 3 unspecified atom stereocenters. The molecule has 1 amide bonds. The van der Waals surface area contributed by atoms with Crippen molar-refractivity contribution >= 4 is 17.8 Å². The van der Waals surface area contributed by atoms with Gasteiger partial charge in [-0.15, -0.1) is 0 Å². The van der Waals surface area contributed by atoms with Crippen LogP contribution in [0.3, 0.4) is 0 Å². The summed E-state index contributed by atoms with van der Waals surface area (Å²) in [6.07, 6.45) is 1.35. The molecule has 1 aliphatic rings. The molecule has 0 saturated heterocycles. The third kappa shape index (κ3) is 8.86. The SMILES string of the molecule is C[N+](C)(CCOc1ccc(C(N)=O)cc1)Cc1cnc(C(O)(c2ccccc2)C2CCCC2)o1.O=C(O)C(O)C(O)C(=O)O. The molecule has 13 heteroatoms. The zero-order chi connectivity index (χ0) is 32.5. The molecule has 1 heterocycles. The summed E-state index contributed by atoms with van der Waals surface area (Å²) in [5.41, 5.74) is 5.35. The van der Waals surface area contributed by atoms with Gasteiger partial charge in [-0.05, 0) is 42.7 Å². The Morgan fingerprint density at radius 3 is 2.09 bits per heavy atom. The standard InChI is InChI=1S/C27H33N3O4.C4H6O6/c1-30(2,16-17-33-23-14-12-20(13-15-23)25(28)31)19-24-18-29-26(34-24)27(32,22-10-6-7-11-22)21-8-4-3-5-9-21;5-1(3(7)8)2(6)4(9)10/h3-5,8-9,12-15,18,22,32H,6-7,10-11,16-17,19H2,1-2H3,(H-,28,31);1-2,5-6H,(H,7,8)(H,9,10)/p+1. The molecule has 0 bridgehead atoms. The molecule has 1 saturated carbocycles. The molecule has 1 aliphatic carbocycles. The zero-order valence-electron chi connectivity index (χ0n) is 24.7. The Morgan fingerprint density at radius 2 is 1.57 bits per heavy atom. The lowest BCUT2D eigenvalue weighted by Gasteiger charge is -2.32. The van der Waals surface area contributed by atoms with Crippen LogP contribution in [-0.2, 0) is 21.7 Å². The Morgan fingerprint density at radius 1 is 1.00 bits per heavy atom. The molecule has 7 N–H and O–H groups in total. The van der Waals surface area contributed by atoms with E-state index in [4.69, 9.17) is 35.3 Å². The van der Waals surface area contributed by atoms with Gasteiger partial charge in [-0.2, -0.15) is 0 Å². The van der Waals surface area contributed by atoms with E-state index in [1.807, 2.05) is 30.3 Å². The van der Waals surface area contributed by atoms with Gasteiger partial charge in [0.25, 0.3) is 0 Å². The van der Waals surface area contributed by atoms with Gasteiger partial charge in [-0.1, -0.05) is 43.2 Å². The number of oxazole rings is 1. The van der Waals surface area contributed by atoms with Gasteiger partial charge in [0, 0.05) is 11.5 Å². The largest absolute Gasteiger partial charge is 0.488 e. The number of hydrogen-bond acceptors (Lipinski definition) is 9. The minimum absolute atomic E-state index is 0.0956. The molecule has 1 fully saturated rings. The Kier molecular flexibility index (Phi) is 11.6. The summed E-state index contributed by atoms with van der Waals surface area (Å²) in [5.74, 6) is -2.09. The maximum absolute atomic E-state index is 11.9. The van der Waals surface area contributed by atoms with Crippen LogP contribution in [0.15, 0.2) is 65.2 Å². The average Bonchev–Trinajstić information content (AvgIpc) is 3.70. The van der Waals surface area contributed by atoms with E-state index >= 15 is 0 Å². The quantitative estimate of drug-likeness (QED) is 0.153. The lowest BCUT2D eigenvalue weighted by atomic mass is 9.80. The van der Waals surface area contributed by atoms with Crippen LogP contribution >= 0.6 is 0 Å². The molecule has 0 spiro atoms. The van der Waals surface area contributed by atoms with Crippen molar-refractivity contribution < 1.29 is 53.6 Å². The average molecular weight is 615 g/mol. The number of likely N-dealkylation sites (N-methyl/N-ethyl adjacent to an activating group) is 1. The summed E-state index contributed by atoms with van der Waals surface area (Å²) in [6.45, 7) is 1.85. The van der Waals surface area contributed by atoms with E-state index in [0.29, 0.717) is 34.8 Å². The molecule has 2 aromatic carbocycles. The van der Waals surface area contributed by atoms with Crippen molar-refractivity contribution in [1.82, 2.24) is 4.98 Å².